The van der Waals surface area contributed by atoms with Crippen LogP contribution in [0.2, 0.25) is 0 Å². The molecule has 0 radical (unpaired) electrons. The molecular formula is C15H25Cl2NO2S. The van der Waals surface area contributed by atoms with Crippen LogP contribution in [0.25, 0.3) is 0 Å². The Morgan fingerprint density at radius 1 is 1.10 bits per heavy atom. The summed E-state index contributed by atoms with van der Waals surface area (Å²) < 4.78 is 27.0. The minimum Gasteiger partial charge on any atom is -0.215 e. The predicted octanol–water partition coefficient (Wildman–Crippen LogP) is 3.50. The fourth-order valence-corrected chi connectivity index (χ4v) is 7.43. The summed E-state index contributed by atoms with van der Waals surface area (Å²) in [6, 6.07) is 0. The van der Waals surface area contributed by atoms with Crippen LogP contribution >= 0.6 is 23.2 Å². The summed E-state index contributed by atoms with van der Waals surface area (Å²) >= 11 is 12.4. The van der Waals surface area contributed by atoms with Gasteiger partial charge >= 0.3 is 0 Å². The van der Waals surface area contributed by atoms with Crippen LogP contribution in [0.5, 0.6) is 0 Å². The minimum absolute atomic E-state index is 0.0475. The Labute approximate surface area is 138 Å². The first-order valence-corrected chi connectivity index (χ1v) is 10.6. The highest BCUT2D eigenvalue weighted by molar-refractivity contribution is 7.89. The predicted molar refractivity (Wildman–Crippen MR) is 87.4 cm³/mol. The number of rotatable bonds is 7. The van der Waals surface area contributed by atoms with Crippen LogP contribution in [0, 0.1) is 17.3 Å². The summed E-state index contributed by atoms with van der Waals surface area (Å²) in [4.78, 5) is -0.0475. The van der Waals surface area contributed by atoms with Crippen molar-refractivity contribution in [2.24, 2.45) is 17.3 Å². The van der Waals surface area contributed by atoms with Gasteiger partial charge in [-0.1, -0.05) is 0 Å². The monoisotopic (exact) mass is 353 g/mol. The van der Waals surface area contributed by atoms with Gasteiger partial charge in [-0.15, -0.1) is 23.2 Å². The van der Waals surface area contributed by atoms with Crippen molar-refractivity contribution in [3.05, 3.63) is 0 Å². The van der Waals surface area contributed by atoms with E-state index in [1.807, 2.05) is 0 Å². The second-order valence-corrected chi connectivity index (χ2v) is 10.8. The molecule has 0 heterocycles. The van der Waals surface area contributed by atoms with Crippen LogP contribution in [0.4, 0.5) is 0 Å². The molecule has 0 amide bonds. The van der Waals surface area contributed by atoms with Gasteiger partial charge in [0.25, 0.3) is 0 Å². The highest BCUT2D eigenvalue weighted by atomic mass is 35.5. The van der Waals surface area contributed by atoms with Crippen molar-refractivity contribution in [3.8, 4) is 0 Å². The van der Waals surface area contributed by atoms with Gasteiger partial charge in [-0.25, -0.2) is 13.1 Å². The fourth-order valence-electron chi connectivity index (χ4n) is 5.26. The number of sulfonamides is 1. The van der Waals surface area contributed by atoms with Crippen LogP contribution in [0.15, 0.2) is 0 Å². The van der Waals surface area contributed by atoms with Gasteiger partial charge in [-0.05, 0) is 68.6 Å². The molecule has 0 aromatic carbocycles. The Kier molecular flexibility index (Phi) is 4.55. The molecule has 2 atom stereocenters. The molecule has 4 saturated carbocycles. The topological polar surface area (TPSA) is 46.2 Å². The molecule has 4 aliphatic carbocycles. The fraction of sp³-hybridized carbons (Fsp3) is 1.00. The van der Waals surface area contributed by atoms with Crippen LogP contribution in [0.3, 0.4) is 0 Å². The van der Waals surface area contributed by atoms with Gasteiger partial charge in [-0.2, -0.15) is 0 Å². The van der Waals surface area contributed by atoms with E-state index in [0.29, 0.717) is 30.7 Å². The zero-order valence-electron chi connectivity index (χ0n) is 12.4. The molecule has 4 bridgehead atoms. The summed E-state index contributed by atoms with van der Waals surface area (Å²) in [6.07, 6.45) is 8.26. The molecule has 0 aromatic rings. The average molecular weight is 354 g/mol. The maximum Gasteiger partial charge on any atom is 0.211 e. The van der Waals surface area contributed by atoms with Crippen molar-refractivity contribution >= 4 is 33.2 Å². The quantitative estimate of drug-likeness (QED) is 0.562. The van der Waals surface area contributed by atoms with Crippen molar-refractivity contribution in [1.29, 1.82) is 0 Å². The smallest absolute Gasteiger partial charge is 0.211 e. The zero-order valence-corrected chi connectivity index (χ0v) is 14.7. The van der Waals surface area contributed by atoms with Gasteiger partial charge in [0, 0.05) is 17.3 Å². The molecule has 122 valence electrons. The summed E-state index contributed by atoms with van der Waals surface area (Å²) in [5.41, 5.74) is 0.116. The lowest BCUT2D eigenvalue weighted by atomic mass is 9.49. The molecule has 4 rings (SSSR count). The number of unbranched alkanes of at least 4 members (excludes halogenated alkanes) is 1. The van der Waals surface area contributed by atoms with E-state index >= 15 is 0 Å². The second kappa shape index (κ2) is 5.85. The lowest BCUT2D eigenvalue weighted by Crippen LogP contribution is -2.56. The molecule has 2 unspecified atom stereocenters. The van der Waals surface area contributed by atoms with Gasteiger partial charge in [0.2, 0.25) is 10.0 Å². The van der Waals surface area contributed by atoms with Crippen LogP contribution in [0.1, 0.15) is 51.4 Å². The van der Waals surface area contributed by atoms with Gasteiger partial charge in [0.05, 0.1) is 5.75 Å². The Hall–Kier alpha value is 0.490. The first-order valence-electron chi connectivity index (χ1n) is 8.06. The third-order valence-corrected chi connectivity index (χ3v) is 7.69. The van der Waals surface area contributed by atoms with E-state index in [4.69, 9.17) is 23.2 Å². The third kappa shape index (κ3) is 3.70. The lowest BCUT2D eigenvalue weighted by molar-refractivity contribution is -0.0360. The highest BCUT2D eigenvalue weighted by Gasteiger charge is 2.56. The van der Waals surface area contributed by atoms with Crippen molar-refractivity contribution < 1.29 is 8.42 Å². The van der Waals surface area contributed by atoms with Crippen molar-refractivity contribution in [2.45, 2.75) is 56.2 Å². The van der Waals surface area contributed by atoms with Crippen molar-refractivity contribution in [2.75, 3.05) is 18.2 Å². The third-order valence-electron chi connectivity index (χ3n) is 5.57. The zero-order chi connectivity index (χ0) is 15.1. The minimum atomic E-state index is -3.17. The number of hydrogen-bond acceptors (Lipinski definition) is 2. The summed E-state index contributed by atoms with van der Waals surface area (Å²) in [5, 5.41) is 0. The Bertz CT molecular complexity index is 480. The van der Waals surface area contributed by atoms with Gasteiger partial charge in [0.15, 0.2) is 0 Å². The van der Waals surface area contributed by atoms with E-state index in [-0.39, 0.29) is 16.0 Å². The highest BCUT2D eigenvalue weighted by Crippen LogP contribution is 2.63. The van der Waals surface area contributed by atoms with Crippen molar-refractivity contribution in [3.63, 3.8) is 0 Å². The summed E-state index contributed by atoms with van der Waals surface area (Å²) in [7, 11) is -3.17. The standard InChI is InChI=1S/C15H25Cl2NO2S/c16-3-1-2-4-21(19,20)18-11-14-6-12-5-13(7-14)9-15(17,8-12)10-14/h12-13,18H,1-11H2. The second-order valence-electron chi connectivity index (χ2n) is 7.65. The van der Waals surface area contributed by atoms with E-state index in [1.54, 1.807) is 0 Å². The van der Waals surface area contributed by atoms with Crippen LogP contribution in [-0.4, -0.2) is 31.5 Å². The molecule has 6 heteroatoms. The first-order chi connectivity index (χ1) is 9.84. The Balaban J connectivity index is 1.60. The number of alkyl halides is 2. The molecule has 0 saturated heterocycles. The maximum atomic E-state index is 12.1. The SMILES string of the molecule is O=S(=O)(CCCCCl)NCC12CC3CC(CC(Cl)(C3)C1)C2. The molecule has 4 aliphatic rings. The van der Waals surface area contributed by atoms with Crippen molar-refractivity contribution in [1.82, 2.24) is 4.72 Å². The molecule has 0 spiro atoms. The van der Waals surface area contributed by atoms with E-state index < -0.39 is 10.0 Å². The van der Waals surface area contributed by atoms with Gasteiger partial charge in [-0.3, -0.25) is 0 Å². The largest absolute Gasteiger partial charge is 0.215 e. The molecule has 4 fully saturated rings. The van der Waals surface area contributed by atoms with E-state index in [2.05, 4.69) is 4.72 Å². The molecular weight excluding hydrogens is 329 g/mol. The maximum absolute atomic E-state index is 12.1. The number of halogens is 2. The molecule has 21 heavy (non-hydrogen) atoms. The van der Waals surface area contributed by atoms with Gasteiger partial charge in [0.1, 0.15) is 0 Å². The van der Waals surface area contributed by atoms with E-state index in [0.717, 1.165) is 38.5 Å². The van der Waals surface area contributed by atoms with Gasteiger partial charge < -0.3 is 0 Å². The molecule has 3 nitrogen and oxygen atoms in total. The number of nitrogens with one attached hydrogen (secondary N) is 1. The average Bonchev–Trinajstić information content (AvgIpc) is 2.34. The Morgan fingerprint density at radius 2 is 1.76 bits per heavy atom. The molecule has 0 aromatic heterocycles. The van der Waals surface area contributed by atoms with Crippen LogP contribution < -0.4 is 4.72 Å². The summed E-state index contributed by atoms with van der Waals surface area (Å²) in [5.74, 6) is 2.14. The first kappa shape index (κ1) is 16.4. The van der Waals surface area contributed by atoms with Crippen LogP contribution in [-0.2, 0) is 10.0 Å². The number of hydrogen-bond donors (Lipinski definition) is 1. The molecule has 1 N–H and O–H groups in total. The van der Waals surface area contributed by atoms with E-state index in [1.165, 1.54) is 6.42 Å². The normalized spacial score (nSPS) is 41.6. The van der Waals surface area contributed by atoms with E-state index in [9.17, 15) is 8.42 Å². The Morgan fingerprint density at radius 3 is 2.33 bits per heavy atom. The summed E-state index contributed by atoms with van der Waals surface area (Å²) in [6.45, 7) is 0.581. The lowest BCUT2D eigenvalue weighted by Gasteiger charge is -2.60. The molecule has 0 aliphatic heterocycles.